The average Bonchev–Trinajstić information content (AvgIpc) is 3.17. The van der Waals surface area contributed by atoms with Crippen molar-refractivity contribution in [2.45, 2.75) is 6.92 Å². The van der Waals surface area contributed by atoms with Crippen LogP contribution in [0.3, 0.4) is 0 Å². The molecule has 4 rings (SSSR count). The van der Waals surface area contributed by atoms with E-state index >= 15 is 0 Å². The van der Waals surface area contributed by atoms with Crippen molar-refractivity contribution in [1.29, 1.82) is 0 Å². The monoisotopic (exact) mass is 417 g/mol. The Bertz CT molecular complexity index is 1210. The summed E-state index contributed by atoms with van der Waals surface area (Å²) in [6, 6.07) is 20.2. The summed E-state index contributed by atoms with van der Waals surface area (Å²) in [5.74, 6) is 0.981. The van der Waals surface area contributed by atoms with Gasteiger partial charge in [-0.05, 0) is 67.7 Å². The molecule has 0 aliphatic rings. The number of thiocarbonyl (C=S) groups is 1. The molecule has 0 aliphatic carbocycles. The van der Waals surface area contributed by atoms with Crippen LogP contribution < -0.4 is 15.4 Å². The Morgan fingerprint density at radius 3 is 2.47 bits per heavy atom. The van der Waals surface area contributed by atoms with Crippen molar-refractivity contribution in [2.24, 2.45) is 0 Å². The molecule has 0 atom stereocenters. The number of ether oxygens (including phenoxy) is 1. The predicted molar refractivity (Wildman–Crippen MR) is 121 cm³/mol. The van der Waals surface area contributed by atoms with Crippen molar-refractivity contribution in [3.05, 3.63) is 77.9 Å². The highest BCUT2D eigenvalue weighted by atomic mass is 32.1. The lowest BCUT2D eigenvalue weighted by atomic mass is 10.1. The molecule has 1 aromatic heterocycles. The Labute approximate surface area is 178 Å². The summed E-state index contributed by atoms with van der Waals surface area (Å²) in [6.07, 6.45) is 0. The minimum absolute atomic E-state index is 0.224. The highest BCUT2D eigenvalue weighted by molar-refractivity contribution is 7.80. The second-order valence-electron chi connectivity index (χ2n) is 6.70. The first-order valence-electron chi connectivity index (χ1n) is 9.26. The highest BCUT2D eigenvalue weighted by Gasteiger charge is 2.10. The molecule has 0 spiro atoms. The van der Waals surface area contributed by atoms with Crippen LogP contribution in [0.5, 0.6) is 5.75 Å². The molecule has 1 heterocycles. The van der Waals surface area contributed by atoms with Crippen LogP contribution in [-0.4, -0.2) is 23.1 Å². The number of aromatic nitrogens is 1. The van der Waals surface area contributed by atoms with E-state index in [-0.39, 0.29) is 11.0 Å². The van der Waals surface area contributed by atoms with E-state index in [1.807, 2.05) is 61.5 Å². The second kappa shape index (κ2) is 8.34. The highest BCUT2D eigenvalue weighted by Crippen LogP contribution is 2.27. The smallest absolute Gasteiger partial charge is 0.257 e. The van der Waals surface area contributed by atoms with Gasteiger partial charge in [-0.25, -0.2) is 4.98 Å². The molecule has 3 aromatic carbocycles. The summed E-state index contributed by atoms with van der Waals surface area (Å²) in [5, 5.41) is 5.91. The molecular weight excluding hydrogens is 398 g/mol. The number of hydrogen-bond acceptors (Lipinski definition) is 5. The van der Waals surface area contributed by atoms with Crippen LogP contribution in [0.25, 0.3) is 22.6 Å². The lowest BCUT2D eigenvalue weighted by Gasteiger charge is -2.10. The number of rotatable bonds is 4. The van der Waals surface area contributed by atoms with Gasteiger partial charge in [0.1, 0.15) is 11.3 Å². The van der Waals surface area contributed by atoms with Crippen LogP contribution in [-0.2, 0) is 0 Å². The molecule has 1 amide bonds. The summed E-state index contributed by atoms with van der Waals surface area (Å²) < 4.78 is 11.0. The van der Waals surface area contributed by atoms with E-state index in [0.717, 1.165) is 28.1 Å². The van der Waals surface area contributed by atoms with Crippen molar-refractivity contribution >= 4 is 40.0 Å². The Kier molecular flexibility index (Phi) is 5.45. The molecule has 0 saturated heterocycles. The number of nitrogens with zero attached hydrogens (tertiary/aromatic N) is 1. The number of hydrogen-bond donors (Lipinski definition) is 2. The lowest BCUT2D eigenvalue weighted by molar-refractivity contribution is 0.0977. The summed E-state index contributed by atoms with van der Waals surface area (Å²) in [5.41, 5.74) is 4.62. The van der Waals surface area contributed by atoms with Crippen molar-refractivity contribution in [1.82, 2.24) is 10.3 Å². The number of aryl methyl sites for hydroxylation is 1. The average molecular weight is 417 g/mol. The van der Waals surface area contributed by atoms with Gasteiger partial charge in [-0.15, -0.1) is 0 Å². The number of methoxy groups -OCH3 is 1. The first-order valence-corrected chi connectivity index (χ1v) is 9.67. The maximum Gasteiger partial charge on any atom is 0.257 e. The normalized spacial score (nSPS) is 10.6. The van der Waals surface area contributed by atoms with E-state index in [1.54, 1.807) is 19.2 Å². The van der Waals surface area contributed by atoms with Gasteiger partial charge in [0.25, 0.3) is 5.91 Å². The first-order chi connectivity index (χ1) is 14.5. The summed E-state index contributed by atoms with van der Waals surface area (Å²) in [6.45, 7) is 1.97. The molecule has 0 saturated carbocycles. The summed E-state index contributed by atoms with van der Waals surface area (Å²) in [4.78, 5) is 16.8. The number of amides is 1. The third-order valence-corrected chi connectivity index (χ3v) is 4.73. The molecule has 2 N–H and O–H groups in total. The lowest BCUT2D eigenvalue weighted by Crippen LogP contribution is -2.34. The number of oxazole rings is 1. The standard InChI is InChI=1S/C23H19N3O3S/c1-14-3-5-15(6-4-14)21(27)26-23(30)24-17-9-7-16(8-10-17)22-25-19-13-18(28-2)11-12-20(19)29-22/h3-13H,1-2H3,(H2,24,26,27,30). The zero-order valence-electron chi connectivity index (χ0n) is 16.4. The van der Waals surface area contributed by atoms with Gasteiger partial charge in [0, 0.05) is 22.9 Å². The van der Waals surface area contributed by atoms with E-state index in [9.17, 15) is 4.79 Å². The first kappa shape index (κ1) is 19.6. The molecule has 150 valence electrons. The van der Waals surface area contributed by atoms with Crippen LogP contribution in [0.15, 0.2) is 71.1 Å². The third kappa shape index (κ3) is 4.31. The van der Waals surface area contributed by atoms with Crippen molar-refractivity contribution in [2.75, 3.05) is 12.4 Å². The number of fused-ring (bicyclic) bond motifs is 1. The van der Waals surface area contributed by atoms with Gasteiger partial charge in [-0.2, -0.15) is 0 Å². The van der Waals surface area contributed by atoms with Gasteiger partial charge in [-0.1, -0.05) is 17.7 Å². The van der Waals surface area contributed by atoms with E-state index in [1.165, 1.54) is 0 Å². The van der Waals surface area contributed by atoms with Crippen molar-refractivity contribution in [3.8, 4) is 17.2 Å². The largest absolute Gasteiger partial charge is 0.497 e. The van der Waals surface area contributed by atoms with Crippen LogP contribution in [0.4, 0.5) is 5.69 Å². The number of carbonyl (C=O) groups excluding carboxylic acids is 1. The fourth-order valence-corrected chi connectivity index (χ4v) is 3.11. The zero-order chi connectivity index (χ0) is 21.1. The molecule has 0 unspecified atom stereocenters. The predicted octanol–water partition coefficient (Wildman–Crippen LogP) is 4.94. The second-order valence-corrected chi connectivity index (χ2v) is 7.11. The van der Waals surface area contributed by atoms with E-state index in [2.05, 4.69) is 15.6 Å². The fraction of sp³-hybridized carbons (Fsp3) is 0.0870. The quantitative estimate of drug-likeness (QED) is 0.458. The van der Waals surface area contributed by atoms with Gasteiger partial charge in [0.05, 0.1) is 7.11 Å². The molecular formula is C23H19N3O3S. The van der Waals surface area contributed by atoms with Crippen LogP contribution in [0.2, 0.25) is 0 Å². The SMILES string of the molecule is COc1ccc2oc(-c3ccc(NC(=S)NC(=O)c4ccc(C)cc4)cc3)nc2c1. The Hall–Kier alpha value is -3.71. The number of nitrogens with one attached hydrogen (secondary N) is 2. The molecule has 7 heteroatoms. The van der Waals surface area contributed by atoms with Gasteiger partial charge in [-0.3, -0.25) is 10.1 Å². The Morgan fingerprint density at radius 2 is 1.77 bits per heavy atom. The van der Waals surface area contributed by atoms with E-state index in [0.29, 0.717) is 17.0 Å². The number of benzene rings is 3. The zero-order valence-corrected chi connectivity index (χ0v) is 17.2. The topological polar surface area (TPSA) is 76.4 Å². The minimum atomic E-state index is -0.258. The van der Waals surface area contributed by atoms with Gasteiger partial charge in [0.2, 0.25) is 5.89 Å². The Morgan fingerprint density at radius 1 is 1.03 bits per heavy atom. The van der Waals surface area contributed by atoms with Crippen molar-refractivity contribution in [3.63, 3.8) is 0 Å². The molecule has 0 aliphatic heterocycles. The fourth-order valence-electron chi connectivity index (χ4n) is 2.90. The summed E-state index contributed by atoms with van der Waals surface area (Å²) >= 11 is 5.25. The van der Waals surface area contributed by atoms with Gasteiger partial charge in [0.15, 0.2) is 10.7 Å². The molecule has 6 nitrogen and oxygen atoms in total. The molecule has 30 heavy (non-hydrogen) atoms. The van der Waals surface area contributed by atoms with Gasteiger partial charge < -0.3 is 14.5 Å². The molecule has 0 bridgehead atoms. The van der Waals surface area contributed by atoms with Crippen LogP contribution in [0.1, 0.15) is 15.9 Å². The maximum absolute atomic E-state index is 12.3. The summed E-state index contributed by atoms with van der Waals surface area (Å²) in [7, 11) is 1.61. The molecule has 0 fully saturated rings. The minimum Gasteiger partial charge on any atom is -0.497 e. The maximum atomic E-state index is 12.3. The Balaban J connectivity index is 1.42. The molecule has 0 radical (unpaired) electrons. The van der Waals surface area contributed by atoms with Crippen LogP contribution in [0, 0.1) is 6.92 Å². The van der Waals surface area contributed by atoms with E-state index in [4.69, 9.17) is 21.4 Å². The van der Waals surface area contributed by atoms with Gasteiger partial charge >= 0.3 is 0 Å². The number of anilines is 1. The van der Waals surface area contributed by atoms with E-state index < -0.39 is 0 Å². The van der Waals surface area contributed by atoms with Crippen LogP contribution >= 0.6 is 12.2 Å². The third-order valence-electron chi connectivity index (χ3n) is 4.53. The molecule has 4 aromatic rings. The number of carbonyl (C=O) groups is 1. The van der Waals surface area contributed by atoms with Crippen molar-refractivity contribution < 1.29 is 13.9 Å².